The molecule has 1 aromatic heterocycles. The van der Waals surface area contributed by atoms with Gasteiger partial charge in [0, 0.05) is 22.0 Å². The Labute approximate surface area is 236 Å². The van der Waals surface area contributed by atoms with Gasteiger partial charge in [-0.3, -0.25) is 14.4 Å². The summed E-state index contributed by atoms with van der Waals surface area (Å²) in [7, 11) is 0. The summed E-state index contributed by atoms with van der Waals surface area (Å²) in [5, 5.41) is 15.1. The first-order valence-electron chi connectivity index (χ1n) is 12.9. The standard InChI is InChI=1S/C30H28Cl2N4O3/c1-2-30(17-15-20-5-3-4-6-25(20)30)28(21-7-9-22(31)10-8-21)33-19-26-34-36(24-13-11-23(32)12-14-24)29(39)35(26)18-16-27(37)38/h3-14H,2,15-19H2,1H3,(H,37,38)/b33-28-/t30-/m1/s1. The molecule has 200 valence electrons. The number of halogens is 2. The van der Waals surface area contributed by atoms with Crippen LogP contribution in [0.3, 0.4) is 0 Å². The average Bonchev–Trinajstić information content (AvgIpc) is 3.47. The number of carboxylic acid groups (broad SMARTS) is 1. The fourth-order valence-electron chi connectivity index (χ4n) is 5.48. The summed E-state index contributed by atoms with van der Waals surface area (Å²) in [5.41, 5.74) is 4.24. The Hall–Kier alpha value is -3.68. The SMILES string of the molecule is CC[C@@]1(/C(=N\Cc2nn(-c3ccc(Cl)cc3)c(=O)n2CCC(=O)O)c2ccc(Cl)cc2)CCc2ccccc21. The first kappa shape index (κ1) is 26.9. The van der Waals surface area contributed by atoms with Crippen LogP contribution in [0.5, 0.6) is 0 Å². The van der Waals surface area contributed by atoms with Crippen LogP contribution in [0, 0.1) is 0 Å². The number of fused-ring (bicyclic) bond motifs is 1. The Morgan fingerprint density at radius 1 is 1.03 bits per heavy atom. The van der Waals surface area contributed by atoms with Crippen molar-refractivity contribution in [2.75, 3.05) is 0 Å². The summed E-state index contributed by atoms with van der Waals surface area (Å²) in [6.07, 6.45) is 2.50. The van der Waals surface area contributed by atoms with Crippen molar-refractivity contribution < 1.29 is 9.90 Å². The van der Waals surface area contributed by atoms with Gasteiger partial charge in [-0.2, -0.15) is 4.68 Å². The highest BCUT2D eigenvalue weighted by atomic mass is 35.5. The molecule has 0 saturated heterocycles. The number of hydrogen-bond donors (Lipinski definition) is 1. The van der Waals surface area contributed by atoms with Crippen LogP contribution >= 0.6 is 23.2 Å². The van der Waals surface area contributed by atoms with Gasteiger partial charge in [-0.1, -0.05) is 66.5 Å². The number of rotatable bonds is 9. The van der Waals surface area contributed by atoms with Crippen LogP contribution in [0.15, 0.2) is 82.6 Å². The van der Waals surface area contributed by atoms with Crippen LogP contribution in [0.4, 0.5) is 0 Å². The maximum absolute atomic E-state index is 13.4. The second kappa shape index (κ2) is 11.2. The van der Waals surface area contributed by atoms with Crippen molar-refractivity contribution >= 4 is 34.9 Å². The van der Waals surface area contributed by atoms with Gasteiger partial charge in [-0.25, -0.2) is 4.79 Å². The molecular formula is C30H28Cl2N4O3. The Bertz CT molecular complexity index is 1590. The van der Waals surface area contributed by atoms with E-state index in [9.17, 15) is 14.7 Å². The first-order valence-corrected chi connectivity index (χ1v) is 13.6. The zero-order valence-electron chi connectivity index (χ0n) is 21.5. The van der Waals surface area contributed by atoms with E-state index in [1.54, 1.807) is 24.3 Å². The molecular weight excluding hydrogens is 535 g/mol. The summed E-state index contributed by atoms with van der Waals surface area (Å²) >= 11 is 12.3. The molecule has 39 heavy (non-hydrogen) atoms. The minimum Gasteiger partial charge on any atom is -0.481 e. The van der Waals surface area contributed by atoms with E-state index in [0.29, 0.717) is 21.6 Å². The molecule has 7 nitrogen and oxygen atoms in total. The summed E-state index contributed by atoms with van der Waals surface area (Å²) < 4.78 is 2.67. The second-order valence-electron chi connectivity index (χ2n) is 9.65. The van der Waals surface area contributed by atoms with Gasteiger partial charge in [0.1, 0.15) is 0 Å². The van der Waals surface area contributed by atoms with Gasteiger partial charge in [-0.15, -0.1) is 5.10 Å². The highest BCUT2D eigenvalue weighted by Crippen LogP contribution is 2.44. The number of carbonyl (C=O) groups is 1. The third-order valence-corrected chi connectivity index (χ3v) is 7.97. The van der Waals surface area contributed by atoms with E-state index in [-0.39, 0.29) is 24.9 Å². The summed E-state index contributed by atoms with van der Waals surface area (Å²) in [5.74, 6) is -0.606. The molecule has 1 N–H and O–H groups in total. The van der Waals surface area contributed by atoms with E-state index in [0.717, 1.165) is 30.5 Å². The van der Waals surface area contributed by atoms with E-state index in [1.165, 1.54) is 20.4 Å². The Morgan fingerprint density at radius 3 is 2.36 bits per heavy atom. The van der Waals surface area contributed by atoms with Crippen molar-refractivity contribution in [3.05, 3.63) is 116 Å². The smallest absolute Gasteiger partial charge is 0.350 e. The third-order valence-electron chi connectivity index (χ3n) is 7.47. The highest BCUT2D eigenvalue weighted by Gasteiger charge is 2.42. The van der Waals surface area contributed by atoms with Gasteiger partial charge in [0.25, 0.3) is 0 Å². The molecule has 1 heterocycles. The number of aromatic nitrogens is 3. The number of aliphatic carboxylic acids is 1. The fraction of sp³-hybridized carbons (Fsp3) is 0.267. The zero-order chi connectivity index (χ0) is 27.6. The predicted molar refractivity (Wildman–Crippen MR) is 154 cm³/mol. The van der Waals surface area contributed by atoms with Crippen molar-refractivity contribution in [2.24, 2.45) is 4.99 Å². The number of nitrogens with zero attached hydrogens (tertiary/aromatic N) is 4. The summed E-state index contributed by atoms with van der Waals surface area (Å²) in [6, 6.07) is 22.9. The van der Waals surface area contributed by atoms with Crippen LogP contribution in [-0.4, -0.2) is 31.1 Å². The lowest BCUT2D eigenvalue weighted by Crippen LogP contribution is -2.34. The molecule has 0 radical (unpaired) electrons. The fourth-order valence-corrected chi connectivity index (χ4v) is 5.73. The van der Waals surface area contributed by atoms with Crippen molar-refractivity contribution in [2.45, 2.75) is 51.1 Å². The Kier molecular flexibility index (Phi) is 7.73. The minimum atomic E-state index is -0.995. The molecule has 0 saturated carbocycles. The summed E-state index contributed by atoms with van der Waals surface area (Å²) in [4.78, 5) is 29.9. The van der Waals surface area contributed by atoms with E-state index < -0.39 is 11.7 Å². The highest BCUT2D eigenvalue weighted by molar-refractivity contribution is 6.31. The summed E-state index contributed by atoms with van der Waals surface area (Å²) in [6.45, 7) is 2.27. The second-order valence-corrected chi connectivity index (χ2v) is 10.5. The lowest BCUT2D eigenvalue weighted by molar-refractivity contribution is -0.137. The van der Waals surface area contributed by atoms with Crippen LogP contribution in [0.25, 0.3) is 5.69 Å². The van der Waals surface area contributed by atoms with E-state index >= 15 is 0 Å². The van der Waals surface area contributed by atoms with Gasteiger partial charge < -0.3 is 5.11 Å². The van der Waals surface area contributed by atoms with E-state index in [1.807, 2.05) is 24.3 Å². The van der Waals surface area contributed by atoms with Gasteiger partial charge in [0.05, 0.1) is 24.4 Å². The number of hydrogen-bond acceptors (Lipinski definition) is 4. The van der Waals surface area contributed by atoms with Crippen molar-refractivity contribution in [3.63, 3.8) is 0 Å². The lowest BCUT2D eigenvalue weighted by Gasteiger charge is -2.32. The maximum Gasteiger partial charge on any atom is 0.350 e. The lowest BCUT2D eigenvalue weighted by atomic mass is 9.72. The Morgan fingerprint density at radius 2 is 1.69 bits per heavy atom. The van der Waals surface area contributed by atoms with Gasteiger partial charge in [-0.05, 0) is 72.4 Å². The van der Waals surface area contributed by atoms with E-state index in [4.69, 9.17) is 28.2 Å². The van der Waals surface area contributed by atoms with Crippen LogP contribution in [0.2, 0.25) is 10.0 Å². The average molecular weight is 563 g/mol. The molecule has 5 rings (SSSR count). The largest absolute Gasteiger partial charge is 0.481 e. The number of aryl methyl sites for hydroxylation is 1. The molecule has 0 fully saturated rings. The molecule has 9 heteroatoms. The van der Waals surface area contributed by atoms with Crippen molar-refractivity contribution in [1.29, 1.82) is 0 Å². The Balaban J connectivity index is 1.63. The molecule has 1 aliphatic rings. The molecule has 0 aliphatic heterocycles. The molecule has 0 bridgehead atoms. The number of benzene rings is 3. The predicted octanol–water partition coefficient (Wildman–Crippen LogP) is 6.10. The monoisotopic (exact) mass is 562 g/mol. The third kappa shape index (κ3) is 5.29. The van der Waals surface area contributed by atoms with Crippen molar-refractivity contribution in [1.82, 2.24) is 14.3 Å². The number of aliphatic imine (C=N–C) groups is 1. The molecule has 0 spiro atoms. The van der Waals surface area contributed by atoms with Crippen LogP contribution in [-0.2, 0) is 29.7 Å². The quantitative estimate of drug-likeness (QED) is 0.249. The molecule has 0 unspecified atom stereocenters. The normalized spacial score (nSPS) is 16.8. The minimum absolute atomic E-state index is 0.00928. The molecule has 1 aliphatic carbocycles. The van der Waals surface area contributed by atoms with Gasteiger partial charge in [0.2, 0.25) is 0 Å². The molecule has 1 atom stereocenters. The molecule has 0 amide bonds. The van der Waals surface area contributed by atoms with Gasteiger partial charge >= 0.3 is 11.7 Å². The molecule has 3 aromatic carbocycles. The topological polar surface area (TPSA) is 89.5 Å². The van der Waals surface area contributed by atoms with Crippen LogP contribution in [0.1, 0.15) is 48.7 Å². The zero-order valence-corrected chi connectivity index (χ0v) is 23.0. The first-order chi connectivity index (χ1) is 18.8. The molecule has 4 aromatic rings. The number of carboxylic acids is 1. The van der Waals surface area contributed by atoms with Gasteiger partial charge in [0.15, 0.2) is 5.82 Å². The van der Waals surface area contributed by atoms with E-state index in [2.05, 4.69) is 36.3 Å². The van der Waals surface area contributed by atoms with Crippen molar-refractivity contribution in [3.8, 4) is 5.69 Å². The van der Waals surface area contributed by atoms with Crippen LogP contribution < -0.4 is 5.69 Å². The maximum atomic E-state index is 13.4.